The van der Waals surface area contributed by atoms with Crippen LogP contribution in [0, 0.1) is 11.8 Å². The molecule has 1 saturated carbocycles. The fourth-order valence-electron chi connectivity index (χ4n) is 2.63. The molecule has 1 aromatic rings. The number of nitrogens with zero attached hydrogens (tertiary/aromatic N) is 2. The predicted molar refractivity (Wildman–Crippen MR) is 71.4 cm³/mol. The molecule has 0 aliphatic heterocycles. The first-order valence-electron chi connectivity index (χ1n) is 6.87. The molecule has 0 aromatic carbocycles. The molecule has 0 amide bonds. The van der Waals surface area contributed by atoms with Gasteiger partial charge in [-0.2, -0.15) is 0 Å². The maximum atomic E-state index is 5.62. The van der Waals surface area contributed by atoms with Gasteiger partial charge in [0.2, 0.25) is 5.89 Å². The Morgan fingerprint density at radius 1 is 1.28 bits per heavy atom. The van der Waals surface area contributed by atoms with Gasteiger partial charge >= 0.3 is 6.01 Å². The standard InChI is InChI=1S/C13H24N4O/c1-8-5-6-11(9(2)7-8)15-13-17-16-12(18-13)10(3)14-4/h8-11,14H,5-7H2,1-4H3,(H,15,17). The van der Waals surface area contributed by atoms with Gasteiger partial charge in [0.05, 0.1) is 6.04 Å². The fourth-order valence-corrected chi connectivity index (χ4v) is 2.63. The maximum absolute atomic E-state index is 5.62. The molecule has 1 fully saturated rings. The van der Waals surface area contributed by atoms with E-state index < -0.39 is 0 Å². The lowest BCUT2D eigenvalue weighted by atomic mass is 9.80. The summed E-state index contributed by atoms with van der Waals surface area (Å²) in [5.41, 5.74) is 0. The minimum atomic E-state index is 0.0943. The van der Waals surface area contributed by atoms with E-state index in [9.17, 15) is 0 Å². The van der Waals surface area contributed by atoms with Crippen molar-refractivity contribution in [2.45, 2.75) is 52.1 Å². The van der Waals surface area contributed by atoms with Crippen LogP contribution in [-0.4, -0.2) is 23.3 Å². The highest BCUT2D eigenvalue weighted by molar-refractivity contribution is 5.20. The molecule has 0 radical (unpaired) electrons. The Labute approximate surface area is 109 Å². The van der Waals surface area contributed by atoms with Crippen LogP contribution in [-0.2, 0) is 0 Å². The zero-order valence-corrected chi connectivity index (χ0v) is 11.7. The van der Waals surface area contributed by atoms with Gasteiger partial charge in [-0.25, -0.2) is 0 Å². The summed E-state index contributed by atoms with van der Waals surface area (Å²) in [6, 6.07) is 1.11. The molecule has 1 aliphatic rings. The van der Waals surface area contributed by atoms with Gasteiger partial charge in [-0.15, -0.1) is 5.10 Å². The van der Waals surface area contributed by atoms with Gasteiger partial charge in [0.1, 0.15) is 0 Å². The third-order valence-corrected chi connectivity index (χ3v) is 3.98. The summed E-state index contributed by atoms with van der Waals surface area (Å²) in [6.07, 6.45) is 3.73. The molecule has 1 aliphatic carbocycles. The first-order valence-corrected chi connectivity index (χ1v) is 6.87. The Hall–Kier alpha value is -1.10. The molecule has 1 heterocycles. The van der Waals surface area contributed by atoms with Crippen LogP contribution in [0.15, 0.2) is 4.42 Å². The van der Waals surface area contributed by atoms with Crippen molar-refractivity contribution in [2.75, 3.05) is 12.4 Å². The van der Waals surface area contributed by atoms with Crippen molar-refractivity contribution in [3.63, 3.8) is 0 Å². The molecule has 2 N–H and O–H groups in total. The SMILES string of the molecule is CNC(C)c1nnc(NC2CCC(C)CC2C)o1. The Morgan fingerprint density at radius 3 is 2.72 bits per heavy atom. The quantitative estimate of drug-likeness (QED) is 0.862. The summed E-state index contributed by atoms with van der Waals surface area (Å²) in [6.45, 7) is 6.62. The Balaban J connectivity index is 1.95. The van der Waals surface area contributed by atoms with Gasteiger partial charge < -0.3 is 15.1 Å². The van der Waals surface area contributed by atoms with E-state index >= 15 is 0 Å². The average Bonchev–Trinajstić information content (AvgIpc) is 2.80. The third-order valence-electron chi connectivity index (χ3n) is 3.98. The van der Waals surface area contributed by atoms with Crippen molar-refractivity contribution >= 4 is 6.01 Å². The molecule has 2 rings (SSSR count). The van der Waals surface area contributed by atoms with E-state index in [0.29, 0.717) is 23.9 Å². The fraction of sp³-hybridized carbons (Fsp3) is 0.846. The molecule has 0 bridgehead atoms. The normalized spacial score (nSPS) is 30.1. The molecule has 102 valence electrons. The third kappa shape index (κ3) is 3.02. The van der Waals surface area contributed by atoms with E-state index in [1.807, 2.05) is 14.0 Å². The van der Waals surface area contributed by atoms with Crippen LogP contribution in [0.25, 0.3) is 0 Å². The summed E-state index contributed by atoms with van der Waals surface area (Å²) in [5, 5.41) is 14.6. The summed E-state index contributed by atoms with van der Waals surface area (Å²) in [4.78, 5) is 0. The lowest BCUT2D eigenvalue weighted by Gasteiger charge is -2.32. The number of aromatic nitrogens is 2. The van der Waals surface area contributed by atoms with Crippen molar-refractivity contribution < 1.29 is 4.42 Å². The molecule has 5 nitrogen and oxygen atoms in total. The molecule has 1 aromatic heterocycles. The number of hydrogen-bond donors (Lipinski definition) is 2. The van der Waals surface area contributed by atoms with Crippen molar-refractivity contribution in [3.8, 4) is 0 Å². The Morgan fingerprint density at radius 2 is 2.06 bits per heavy atom. The number of anilines is 1. The molecule has 0 saturated heterocycles. The lowest BCUT2D eigenvalue weighted by molar-refractivity contribution is 0.272. The summed E-state index contributed by atoms with van der Waals surface area (Å²) in [5.74, 6) is 2.13. The summed E-state index contributed by atoms with van der Waals surface area (Å²) in [7, 11) is 1.88. The van der Waals surface area contributed by atoms with Gasteiger partial charge in [0, 0.05) is 6.04 Å². The van der Waals surface area contributed by atoms with E-state index in [1.54, 1.807) is 0 Å². The highest BCUT2D eigenvalue weighted by Crippen LogP contribution is 2.30. The number of rotatable bonds is 4. The molecular formula is C13H24N4O. The molecule has 18 heavy (non-hydrogen) atoms. The van der Waals surface area contributed by atoms with Gasteiger partial charge in [-0.05, 0) is 45.1 Å². The molecule has 4 unspecified atom stereocenters. The summed E-state index contributed by atoms with van der Waals surface area (Å²) >= 11 is 0. The largest absolute Gasteiger partial charge is 0.406 e. The topological polar surface area (TPSA) is 63.0 Å². The van der Waals surface area contributed by atoms with E-state index in [-0.39, 0.29) is 6.04 Å². The molecular weight excluding hydrogens is 228 g/mol. The smallest absolute Gasteiger partial charge is 0.315 e. The number of hydrogen-bond acceptors (Lipinski definition) is 5. The predicted octanol–water partition coefficient (Wildman–Crippen LogP) is 2.59. The first-order chi connectivity index (χ1) is 8.60. The second-order valence-electron chi connectivity index (χ2n) is 5.60. The molecule has 4 atom stereocenters. The van der Waals surface area contributed by atoms with E-state index in [2.05, 4.69) is 34.7 Å². The second-order valence-corrected chi connectivity index (χ2v) is 5.60. The van der Waals surface area contributed by atoms with Crippen LogP contribution in [0.5, 0.6) is 0 Å². The molecule has 0 spiro atoms. The summed E-state index contributed by atoms with van der Waals surface area (Å²) < 4.78 is 5.62. The van der Waals surface area contributed by atoms with Crippen LogP contribution in [0.1, 0.15) is 52.0 Å². The van der Waals surface area contributed by atoms with Gasteiger partial charge in [-0.3, -0.25) is 0 Å². The number of nitrogens with one attached hydrogen (secondary N) is 2. The first kappa shape index (κ1) is 13.3. The van der Waals surface area contributed by atoms with Gasteiger partial charge in [0.15, 0.2) is 0 Å². The lowest BCUT2D eigenvalue weighted by Crippen LogP contribution is -2.33. The van der Waals surface area contributed by atoms with Crippen molar-refractivity contribution in [2.24, 2.45) is 11.8 Å². The van der Waals surface area contributed by atoms with Crippen molar-refractivity contribution in [1.29, 1.82) is 0 Å². The van der Waals surface area contributed by atoms with Crippen molar-refractivity contribution in [1.82, 2.24) is 15.5 Å². The van der Waals surface area contributed by atoms with Crippen LogP contribution >= 0.6 is 0 Å². The van der Waals surface area contributed by atoms with Crippen LogP contribution in [0.4, 0.5) is 6.01 Å². The zero-order chi connectivity index (χ0) is 13.1. The van der Waals surface area contributed by atoms with E-state index in [1.165, 1.54) is 19.3 Å². The van der Waals surface area contributed by atoms with E-state index in [4.69, 9.17) is 4.42 Å². The minimum Gasteiger partial charge on any atom is -0.406 e. The van der Waals surface area contributed by atoms with Crippen molar-refractivity contribution in [3.05, 3.63) is 5.89 Å². The Bertz CT molecular complexity index is 379. The van der Waals surface area contributed by atoms with Crippen LogP contribution < -0.4 is 10.6 Å². The minimum absolute atomic E-state index is 0.0943. The van der Waals surface area contributed by atoms with Crippen LogP contribution in [0.3, 0.4) is 0 Å². The Kier molecular flexibility index (Phi) is 4.22. The van der Waals surface area contributed by atoms with E-state index in [0.717, 1.165) is 5.92 Å². The van der Waals surface area contributed by atoms with Gasteiger partial charge in [0.25, 0.3) is 0 Å². The highest BCUT2D eigenvalue weighted by Gasteiger charge is 2.26. The van der Waals surface area contributed by atoms with Crippen LogP contribution in [0.2, 0.25) is 0 Å². The zero-order valence-electron chi connectivity index (χ0n) is 11.7. The second kappa shape index (κ2) is 5.69. The molecule has 5 heteroatoms. The maximum Gasteiger partial charge on any atom is 0.315 e. The van der Waals surface area contributed by atoms with Gasteiger partial charge in [-0.1, -0.05) is 18.9 Å². The monoisotopic (exact) mass is 252 g/mol. The average molecular weight is 252 g/mol. The highest BCUT2D eigenvalue weighted by atomic mass is 16.4.